The van der Waals surface area contributed by atoms with Gasteiger partial charge in [0, 0.05) is 18.6 Å². The average Bonchev–Trinajstić information content (AvgIpc) is 2.30. The Kier molecular flexibility index (Phi) is 4.35. The van der Waals surface area contributed by atoms with Crippen molar-refractivity contribution in [3.8, 4) is 0 Å². The van der Waals surface area contributed by atoms with E-state index < -0.39 is 0 Å². The van der Waals surface area contributed by atoms with Crippen molar-refractivity contribution in [2.45, 2.75) is 37.8 Å². The van der Waals surface area contributed by atoms with Crippen LogP contribution >= 0.6 is 11.8 Å². The molecule has 0 radical (unpaired) electrons. The summed E-state index contributed by atoms with van der Waals surface area (Å²) in [4.78, 5) is 5.16. The Bertz CT molecular complexity index is 190. The highest BCUT2D eigenvalue weighted by atomic mass is 32.2. The highest BCUT2D eigenvalue weighted by Crippen LogP contribution is 2.25. The van der Waals surface area contributed by atoms with E-state index in [1.165, 1.54) is 50.3 Å². The first-order valence-corrected chi connectivity index (χ1v) is 7.41. The fraction of sp³-hybridized carbons (Fsp3) is 1.00. The van der Waals surface area contributed by atoms with Crippen LogP contribution in [0.1, 0.15) is 25.7 Å². The quantitative estimate of drug-likeness (QED) is 0.713. The molecule has 15 heavy (non-hydrogen) atoms. The molecule has 2 aliphatic heterocycles. The molecule has 2 aliphatic rings. The van der Waals surface area contributed by atoms with Crippen molar-refractivity contribution >= 4 is 11.8 Å². The molecule has 0 N–H and O–H groups in total. The predicted octanol–water partition coefficient (Wildman–Crippen LogP) is 1.91. The minimum absolute atomic E-state index is 0.799. The predicted molar refractivity (Wildman–Crippen MR) is 68.6 cm³/mol. The second-order valence-corrected chi connectivity index (χ2v) is 6.32. The van der Waals surface area contributed by atoms with Crippen LogP contribution in [0.25, 0.3) is 0 Å². The van der Waals surface area contributed by atoms with Crippen LogP contribution in [0.15, 0.2) is 0 Å². The van der Waals surface area contributed by atoms with Crippen molar-refractivity contribution in [1.82, 2.24) is 9.80 Å². The lowest BCUT2D eigenvalue weighted by molar-refractivity contribution is 0.0918. The van der Waals surface area contributed by atoms with Crippen molar-refractivity contribution in [2.75, 3.05) is 38.7 Å². The van der Waals surface area contributed by atoms with Gasteiger partial charge in [-0.3, -0.25) is 4.90 Å². The first-order valence-electron chi connectivity index (χ1n) is 6.25. The van der Waals surface area contributed by atoms with Gasteiger partial charge in [-0.2, -0.15) is 11.8 Å². The van der Waals surface area contributed by atoms with Gasteiger partial charge >= 0.3 is 0 Å². The van der Waals surface area contributed by atoms with E-state index in [2.05, 4.69) is 35.7 Å². The van der Waals surface area contributed by atoms with Crippen LogP contribution in [0.4, 0.5) is 0 Å². The zero-order valence-corrected chi connectivity index (χ0v) is 10.9. The van der Waals surface area contributed by atoms with Crippen LogP contribution in [0.5, 0.6) is 0 Å². The molecule has 1 atom stereocenters. The Balaban J connectivity index is 1.85. The first-order chi connectivity index (χ1) is 7.27. The fourth-order valence-corrected chi connectivity index (χ4v) is 3.87. The number of likely N-dealkylation sites (tertiary alicyclic amines) is 1. The number of hydrogen-bond acceptors (Lipinski definition) is 3. The summed E-state index contributed by atoms with van der Waals surface area (Å²) >= 11 is 2.13. The molecule has 0 aromatic carbocycles. The zero-order chi connectivity index (χ0) is 10.7. The second-order valence-electron chi connectivity index (χ2n) is 5.10. The number of nitrogens with zero attached hydrogens (tertiary/aromatic N) is 2. The number of hydrogen-bond donors (Lipinski definition) is 0. The topological polar surface area (TPSA) is 6.48 Å². The van der Waals surface area contributed by atoms with Gasteiger partial charge in [0.2, 0.25) is 0 Å². The third-order valence-electron chi connectivity index (χ3n) is 3.87. The fourth-order valence-electron chi connectivity index (χ4n) is 2.79. The third-order valence-corrected chi connectivity index (χ3v) is 4.91. The van der Waals surface area contributed by atoms with E-state index in [9.17, 15) is 0 Å². The van der Waals surface area contributed by atoms with E-state index in [4.69, 9.17) is 0 Å². The van der Waals surface area contributed by atoms with Crippen molar-refractivity contribution in [3.05, 3.63) is 0 Å². The number of rotatable bonds is 2. The Morgan fingerprint density at radius 3 is 2.53 bits per heavy atom. The molecule has 0 aromatic heterocycles. The van der Waals surface area contributed by atoms with Crippen molar-refractivity contribution < 1.29 is 0 Å². The van der Waals surface area contributed by atoms with Gasteiger partial charge < -0.3 is 4.90 Å². The summed E-state index contributed by atoms with van der Waals surface area (Å²) in [6.45, 7) is 2.65. The Labute approximate surface area is 98.4 Å². The highest BCUT2D eigenvalue weighted by molar-refractivity contribution is 7.99. The third kappa shape index (κ3) is 3.11. The molecule has 0 aromatic rings. The van der Waals surface area contributed by atoms with E-state index in [1.54, 1.807) is 0 Å². The van der Waals surface area contributed by atoms with Gasteiger partial charge in [0.1, 0.15) is 0 Å². The van der Waals surface area contributed by atoms with Gasteiger partial charge in [0.05, 0.1) is 0 Å². The summed E-state index contributed by atoms with van der Waals surface area (Å²) in [6.07, 6.45) is 5.63. The standard InChI is InChI=1S/C12H24N2S/c1-13(2)12-4-3-7-14(10-12)11-5-8-15-9-6-11/h11-12H,3-10H2,1-2H3. The summed E-state index contributed by atoms with van der Waals surface area (Å²) in [5.41, 5.74) is 0. The molecular formula is C12H24N2S. The molecule has 2 saturated heterocycles. The van der Waals surface area contributed by atoms with E-state index in [0.29, 0.717) is 0 Å². The van der Waals surface area contributed by atoms with Gasteiger partial charge in [-0.1, -0.05) is 0 Å². The Morgan fingerprint density at radius 1 is 1.13 bits per heavy atom. The minimum Gasteiger partial charge on any atom is -0.305 e. The lowest BCUT2D eigenvalue weighted by Crippen LogP contribution is -2.50. The lowest BCUT2D eigenvalue weighted by Gasteiger charge is -2.41. The molecule has 2 rings (SSSR count). The van der Waals surface area contributed by atoms with Gasteiger partial charge in [-0.15, -0.1) is 0 Å². The Morgan fingerprint density at radius 2 is 1.87 bits per heavy atom. The molecule has 2 fully saturated rings. The maximum Gasteiger partial charge on any atom is 0.0217 e. The van der Waals surface area contributed by atoms with Crippen molar-refractivity contribution in [1.29, 1.82) is 0 Å². The van der Waals surface area contributed by atoms with Crippen molar-refractivity contribution in [3.63, 3.8) is 0 Å². The molecule has 3 heteroatoms. The van der Waals surface area contributed by atoms with Gasteiger partial charge in [-0.05, 0) is 57.8 Å². The normalized spacial score (nSPS) is 31.0. The first kappa shape index (κ1) is 11.7. The molecule has 2 nitrogen and oxygen atoms in total. The van der Waals surface area contributed by atoms with Gasteiger partial charge in [0.15, 0.2) is 0 Å². The molecule has 0 bridgehead atoms. The summed E-state index contributed by atoms with van der Waals surface area (Å²) in [6, 6.07) is 1.70. The summed E-state index contributed by atoms with van der Waals surface area (Å²) in [5, 5.41) is 0. The number of piperidine rings is 1. The summed E-state index contributed by atoms with van der Waals surface area (Å²) < 4.78 is 0. The number of likely N-dealkylation sites (N-methyl/N-ethyl adjacent to an activating group) is 1. The highest BCUT2D eigenvalue weighted by Gasteiger charge is 2.27. The van der Waals surface area contributed by atoms with E-state index in [0.717, 1.165) is 12.1 Å². The molecule has 1 unspecified atom stereocenters. The van der Waals surface area contributed by atoms with E-state index >= 15 is 0 Å². The summed E-state index contributed by atoms with van der Waals surface area (Å²) in [5.74, 6) is 2.77. The van der Waals surface area contributed by atoms with Crippen LogP contribution < -0.4 is 0 Å². The van der Waals surface area contributed by atoms with E-state index in [1.807, 2.05) is 0 Å². The van der Waals surface area contributed by atoms with Crippen LogP contribution in [0.3, 0.4) is 0 Å². The lowest BCUT2D eigenvalue weighted by atomic mass is 10.0. The van der Waals surface area contributed by atoms with Crippen LogP contribution in [0, 0.1) is 0 Å². The zero-order valence-electron chi connectivity index (χ0n) is 10.1. The van der Waals surface area contributed by atoms with Crippen LogP contribution in [-0.2, 0) is 0 Å². The van der Waals surface area contributed by atoms with Crippen LogP contribution in [-0.4, -0.2) is 60.6 Å². The van der Waals surface area contributed by atoms with Crippen molar-refractivity contribution in [2.24, 2.45) is 0 Å². The monoisotopic (exact) mass is 228 g/mol. The largest absolute Gasteiger partial charge is 0.305 e. The molecule has 88 valence electrons. The molecule has 0 saturated carbocycles. The Hall–Kier alpha value is 0.270. The summed E-state index contributed by atoms with van der Waals surface area (Å²) in [7, 11) is 4.45. The maximum atomic E-state index is 2.76. The SMILES string of the molecule is CN(C)C1CCCN(C2CCSCC2)C1. The molecule has 0 amide bonds. The molecule has 0 aliphatic carbocycles. The molecular weight excluding hydrogens is 204 g/mol. The smallest absolute Gasteiger partial charge is 0.0217 e. The van der Waals surface area contributed by atoms with E-state index in [-0.39, 0.29) is 0 Å². The van der Waals surface area contributed by atoms with Gasteiger partial charge in [0.25, 0.3) is 0 Å². The molecule has 0 spiro atoms. The minimum atomic E-state index is 0.799. The van der Waals surface area contributed by atoms with Crippen LogP contribution in [0.2, 0.25) is 0 Å². The second kappa shape index (κ2) is 5.55. The average molecular weight is 228 g/mol. The number of thioether (sulfide) groups is 1. The van der Waals surface area contributed by atoms with Gasteiger partial charge in [-0.25, -0.2) is 0 Å². The molecule has 2 heterocycles. The maximum absolute atomic E-state index is 2.76.